The Morgan fingerprint density at radius 3 is 2.68 bits per heavy atom. The number of methoxy groups -OCH3 is 1. The van der Waals surface area contributed by atoms with Crippen LogP contribution in [0.1, 0.15) is 27.2 Å². The lowest BCUT2D eigenvalue weighted by Crippen LogP contribution is -2.53. The third-order valence-electron chi connectivity index (χ3n) is 3.36. The third kappa shape index (κ3) is 4.17. The van der Waals surface area contributed by atoms with Crippen molar-refractivity contribution in [3.63, 3.8) is 0 Å². The number of esters is 1. The normalized spacial score (nSPS) is 16.1. The molecule has 0 aromatic carbocycles. The average Bonchev–Trinajstić information content (AvgIpc) is 2.54. The number of nitrogens with one attached hydrogen (secondary N) is 1. The second-order valence-corrected chi connectivity index (χ2v) is 5.54. The maximum absolute atomic E-state index is 12.6. The molecular weight excluding hydrogens is 330 g/mol. The van der Waals surface area contributed by atoms with Gasteiger partial charge in [0.05, 0.1) is 31.9 Å². The van der Waals surface area contributed by atoms with Crippen LogP contribution in [0, 0.1) is 0 Å². The molecule has 0 fully saturated rings. The van der Waals surface area contributed by atoms with Crippen LogP contribution in [0.15, 0.2) is 12.1 Å². The first-order valence-corrected chi connectivity index (χ1v) is 7.88. The molecule has 1 aliphatic rings. The molecule has 1 unspecified atom stereocenters. The Kier molecular flexibility index (Phi) is 5.79. The highest BCUT2D eigenvalue weighted by atomic mass is 16.6. The fraction of sp³-hybridized carbons (Fsp3) is 0.500. The maximum Gasteiger partial charge on any atom is 0.416 e. The summed E-state index contributed by atoms with van der Waals surface area (Å²) in [6.45, 7) is 5.20. The summed E-state index contributed by atoms with van der Waals surface area (Å²) in [5.41, 5.74) is 0.326. The molecule has 1 aliphatic heterocycles. The highest BCUT2D eigenvalue weighted by Crippen LogP contribution is 2.33. The van der Waals surface area contributed by atoms with E-state index in [1.807, 2.05) is 0 Å². The summed E-state index contributed by atoms with van der Waals surface area (Å²) in [6.07, 6.45) is -1.50. The lowest BCUT2D eigenvalue weighted by atomic mass is 10.1. The molecule has 2 heterocycles. The van der Waals surface area contributed by atoms with Crippen LogP contribution < -0.4 is 15.0 Å². The van der Waals surface area contributed by atoms with Gasteiger partial charge in [-0.1, -0.05) is 0 Å². The molecule has 0 aliphatic carbocycles. The topological polar surface area (TPSA) is 107 Å². The number of aromatic nitrogens is 1. The summed E-state index contributed by atoms with van der Waals surface area (Å²) in [5.74, 6) is -0.712. The lowest BCUT2D eigenvalue weighted by molar-refractivity contribution is -0.144. The highest BCUT2D eigenvalue weighted by Gasteiger charge is 2.41. The number of amides is 2. The van der Waals surface area contributed by atoms with E-state index < -0.39 is 30.1 Å². The van der Waals surface area contributed by atoms with Crippen molar-refractivity contribution in [2.45, 2.75) is 39.3 Å². The van der Waals surface area contributed by atoms with E-state index in [4.69, 9.17) is 14.2 Å². The van der Waals surface area contributed by atoms with Crippen molar-refractivity contribution >= 4 is 29.5 Å². The molecule has 136 valence electrons. The van der Waals surface area contributed by atoms with Crippen LogP contribution >= 0.6 is 0 Å². The van der Waals surface area contributed by atoms with Gasteiger partial charge in [0.2, 0.25) is 11.8 Å². The first kappa shape index (κ1) is 18.5. The molecule has 9 nitrogen and oxygen atoms in total. The van der Waals surface area contributed by atoms with Crippen LogP contribution in [0.2, 0.25) is 0 Å². The summed E-state index contributed by atoms with van der Waals surface area (Å²) in [6, 6.07) is 1.99. The van der Waals surface area contributed by atoms with Gasteiger partial charge >= 0.3 is 12.1 Å². The molecule has 2 rings (SSSR count). The van der Waals surface area contributed by atoms with Crippen molar-refractivity contribution < 1.29 is 28.6 Å². The van der Waals surface area contributed by atoms with Gasteiger partial charge in [-0.15, -0.1) is 0 Å². The minimum atomic E-state index is -1.13. The number of ether oxygens (including phenoxy) is 3. The first-order chi connectivity index (χ1) is 11.9. The molecule has 1 aromatic heterocycles. The van der Waals surface area contributed by atoms with Gasteiger partial charge in [0.25, 0.3) is 0 Å². The van der Waals surface area contributed by atoms with Gasteiger partial charge in [0.15, 0.2) is 5.82 Å². The number of carbonyl (C=O) groups is 3. The number of rotatable bonds is 5. The summed E-state index contributed by atoms with van der Waals surface area (Å²) in [4.78, 5) is 42.1. The van der Waals surface area contributed by atoms with Crippen molar-refractivity contribution in [1.29, 1.82) is 0 Å². The molecule has 0 saturated carbocycles. The number of pyridine rings is 1. The molecule has 9 heteroatoms. The lowest BCUT2D eigenvalue weighted by Gasteiger charge is -2.34. The number of fused-ring (bicyclic) bond motifs is 1. The standard InChI is InChI=1S/C16H21N3O6/c1-5-24-13(20)8-11-15(21)17-10-6-7-12(23-4)18-14(10)19(11)16(22)25-9(2)3/h6-7,9,11H,5,8H2,1-4H3,(H,17,21). The highest BCUT2D eigenvalue weighted by molar-refractivity contribution is 6.10. The van der Waals surface area contributed by atoms with Gasteiger partial charge in [0.1, 0.15) is 6.04 Å². The summed E-state index contributed by atoms with van der Waals surface area (Å²) in [7, 11) is 1.43. The van der Waals surface area contributed by atoms with E-state index in [-0.39, 0.29) is 24.7 Å². The molecule has 1 N–H and O–H groups in total. The van der Waals surface area contributed by atoms with Crippen molar-refractivity contribution in [1.82, 2.24) is 4.98 Å². The Bertz CT molecular complexity index is 676. The number of hydrogen-bond donors (Lipinski definition) is 1. The van der Waals surface area contributed by atoms with E-state index in [1.54, 1.807) is 32.9 Å². The molecule has 1 aromatic rings. The largest absolute Gasteiger partial charge is 0.481 e. The third-order valence-corrected chi connectivity index (χ3v) is 3.36. The molecule has 0 radical (unpaired) electrons. The summed E-state index contributed by atoms with van der Waals surface area (Å²) < 4.78 is 15.2. The Labute approximate surface area is 145 Å². The van der Waals surface area contributed by atoms with Gasteiger partial charge in [0, 0.05) is 6.07 Å². The van der Waals surface area contributed by atoms with Crippen LogP contribution in [0.3, 0.4) is 0 Å². The van der Waals surface area contributed by atoms with E-state index in [9.17, 15) is 14.4 Å². The van der Waals surface area contributed by atoms with Crippen molar-refractivity contribution in [2.75, 3.05) is 23.9 Å². The molecule has 1 atom stereocenters. The van der Waals surface area contributed by atoms with Crippen molar-refractivity contribution in [3.8, 4) is 5.88 Å². The smallest absolute Gasteiger partial charge is 0.416 e. The zero-order chi connectivity index (χ0) is 18.6. The Morgan fingerprint density at radius 1 is 1.36 bits per heavy atom. The van der Waals surface area contributed by atoms with Gasteiger partial charge in [-0.25, -0.2) is 9.69 Å². The number of hydrogen-bond acceptors (Lipinski definition) is 7. The van der Waals surface area contributed by atoms with Crippen LogP contribution in [0.25, 0.3) is 0 Å². The number of nitrogens with zero attached hydrogens (tertiary/aromatic N) is 2. The van der Waals surface area contributed by atoms with E-state index in [1.165, 1.54) is 7.11 Å². The SMILES string of the molecule is CCOC(=O)CC1C(=O)Nc2ccc(OC)nc2N1C(=O)OC(C)C. The van der Waals surface area contributed by atoms with Crippen LogP contribution in [0.4, 0.5) is 16.3 Å². The molecule has 0 spiro atoms. The predicted molar refractivity (Wildman–Crippen MR) is 88.6 cm³/mol. The zero-order valence-electron chi connectivity index (χ0n) is 14.6. The van der Waals surface area contributed by atoms with E-state index in [0.717, 1.165) is 4.90 Å². The predicted octanol–water partition coefficient (Wildman–Crippen LogP) is 1.72. The van der Waals surface area contributed by atoms with Crippen LogP contribution in [0.5, 0.6) is 5.88 Å². The summed E-state index contributed by atoms with van der Waals surface area (Å²) >= 11 is 0. The van der Waals surface area contributed by atoms with Gasteiger partial charge in [-0.05, 0) is 26.8 Å². The molecule has 2 amide bonds. The van der Waals surface area contributed by atoms with E-state index in [2.05, 4.69) is 10.3 Å². The molecule has 0 bridgehead atoms. The number of anilines is 2. The Morgan fingerprint density at radius 2 is 2.08 bits per heavy atom. The fourth-order valence-electron chi connectivity index (χ4n) is 2.34. The monoisotopic (exact) mass is 351 g/mol. The zero-order valence-corrected chi connectivity index (χ0v) is 14.6. The minimum Gasteiger partial charge on any atom is -0.481 e. The van der Waals surface area contributed by atoms with Crippen molar-refractivity contribution in [3.05, 3.63) is 12.1 Å². The molecular formula is C16H21N3O6. The van der Waals surface area contributed by atoms with E-state index in [0.29, 0.717) is 5.69 Å². The van der Waals surface area contributed by atoms with Gasteiger partial charge in [-0.3, -0.25) is 9.59 Å². The first-order valence-electron chi connectivity index (χ1n) is 7.88. The number of carbonyl (C=O) groups excluding carboxylic acids is 3. The van der Waals surface area contributed by atoms with Crippen molar-refractivity contribution in [2.24, 2.45) is 0 Å². The van der Waals surface area contributed by atoms with Gasteiger partial charge < -0.3 is 19.5 Å². The minimum absolute atomic E-state index is 0.152. The van der Waals surface area contributed by atoms with Crippen LogP contribution in [-0.2, 0) is 19.1 Å². The van der Waals surface area contributed by atoms with Crippen LogP contribution in [-0.4, -0.2) is 48.8 Å². The Balaban J connectivity index is 2.44. The van der Waals surface area contributed by atoms with Gasteiger partial charge in [-0.2, -0.15) is 4.98 Å². The quantitative estimate of drug-likeness (QED) is 0.805. The van der Waals surface area contributed by atoms with E-state index >= 15 is 0 Å². The second kappa shape index (κ2) is 7.82. The average molecular weight is 351 g/mol. The summed E-state index contributed by atoms with van der Waals surface area (Å²) in [5, 5.41) is 2.63. The molecule has 25 heavy (non-hydrogen) atoms. The Hall–Kier alpha value is -2.84. The molecule has 0 saturated heterocycles. The second-order valence-electron chi connectivity index (χ2n) is 5.54. The maximum atomic E-state index is 12.6. The fourth-order valence-corrected chi connectivity index (χ4v) is 2.34.